The van der Waals surface area contributed by atoms with Gasteiger partial charge in [0.1, 0.15) is 5.82 Å². The Morgan fingerprint density at radius 1 is 1.25 bits per heavy atom. The molecule has 1 aliphatic heterocycles. The second kappa shape index (κ2) is 4.61. The first-order valence-electron chi connectivity index (χ1n) is 7.48. The van der Waals surface area contributed by atoms with Crippen LogP contribution in [-0.4, -0.2) is 38.1 Å². The van der Waals surface area contributed by atoms with E-state index in [1.165, 1.54) is 24.1 Å². The zero-order valence-electron chi connectivity index (χ0n) is 11.8. The van der Waals surface area contributed by atoms with E-state index >= 15 is 0 Å². The van der Waals surface area contributed by atoms with Crippen molar-refractivity contribution in [3.05, 3.63) is 23.3 Å². The van der Waals surface area contributed by atoms with E-state index in [-0.39, 0.29) is 0 Å². The van der Waals surface area contributed by atoms with Crippen molar-refractivity contribution in [1.29, 1.82) is 0 Å². The van der Waals surface area contributed by atoms with Gasteiger partial charge in [-0.3, -0.25) is 5.10 Å². The molecule has 1 atom stereocenters. The summed E-state index contributed by atoms with van der Waals surface area (Å²) >= 11 is 0. The first-order chi connectivity index (χ1) is 9.83. The van der Waals surface area contributed by atoms with Gasteiger partial charge in [0.15, 0.2) is 0 Å². The lowest BCUT2D eigenvalue weighted by atomic mass is 9.87. The average Bonchev–Trinajstić information content (AvgIpc) is 3.17. The summed E-state index contributed by atoms with van der Waals surface area (Å²) in [7, 11) is 2.10. The monoisotopic (exact) mass is 272 g/mol. The van der Waals surface area contributed by atoms with Crippen LogP contribution in [0.1, 0.15) is 42.3 Å². The summed E-state index contributed by atoms with van der Waals surface area (Å²) in [6.45, 7) is 2.22. The molecule has 1 aliphatic carbocycles. The minimum Gasteiger partial charge on any atom is -0.341 e. The van der Waals surface area contributed by atoms with E-state index in [1.807, 2.05) is 6.20 Å². The number of fused-ring (bicyclic) bond motifs is 1. The van der Waals surface area contributed by atoms with Crippen LogP contribution in [0.3, 0.4) is 0 Å². The van der Waals surface area contributed by atoms with Gasteiger partial charge in [0, 0.05) is 31.7 Å². The number of aromatic amines is 1. The van der Waals surface area contributed by atoms with E-state index in [2.05, 4.69) is 36.9 Å². The van der Waals surface area contributed by atoms with E-state index in [0.29, 0.717) is 5.92 Å². The van der Waals surface area contributed by atoms with Crippen molar-refractivity contribution >= 4 is 5.95 Å². The molecule has 4 rings (SSSR count). The lowest BCUT2D eigenvalue weighted by Crippen LogP contribution is -2.22. The van der Waals surface area contributed by atoms with E-state index in [4.69, 9.17) is 0 Å². The van der Waals surface area contributed by atoms with Crippen molar-refractivity contribution in [2.75, 3.05) is 18.0 Å². The molecule has 2 aromatic rings. The SMILES string of the molecule is Cn1c(C2CCc3cn[nH]c3C2)nnc1N1CCCC1. The number of rotatable bonds is 2. The minimum absolute atomic E-state index is 0.455. The molecule has 3 heterocycles. The predicted molar refractivity (Wildman–Crippen MR) is 75.8 cm³/mol. The average molecular weight is 272 g/mol. The van der Waals surface area contributed by atoms with Gasteiger partial charge in [-0.15, -0.1) is 10.2 Å². The molecular weight excluding hydrogens is 252 g/mol. The molecule has 1 saturated heterocycles. The third-order valence-corrected chi connectivity index (χ3v) is 4.66. The third-order valence-electron chi connectivity index (χ3n) is 4.66. The van der Waals surface area contributed by atoms with Gasteiger partial charge in [-0.25, -0.2) is 0 Å². The number of nitrogens with one attached hydrogen (secondary N) is 1. The van der Waals surface area contributed by atoms with Gasteiger partial charge in [-0.05, 0) is 37.7 Å². The fourth-order valence-corrected chi connectivity index (χ4v) is 3.51. The molecule has 1 N–H and O–H groups in total. The Morgan fingerprint density at radius 2 is 2.10 bits per heavy atom. The maximum absolute atomic E-state index is 4.48. The summed E-state index contributed by atoms with van der Waals surface area (Å²) < 4.78 is 2.19. The standard InChI is InChI=1S/C14H20N6/c1-19-13(17-18-14(19)20-6-2-3-7-20)10-4-5-11-9-15-16-12(11)8-10/h9-10H,2-8H2,1H3,(H,15,16). The summed E-state index contributed by atoms with van der Waals surface area (Å²) in [4.78, 5) is 2.35. The molecule has 0 radical (unpaired) electrons. The van der Waals surface area contributed by atoms with Crippen LogP contribution in [0.5, 0.6) is 0 Å². The Balaban J connectivity index is 1.60. The Hall–Kier alpha value is -1.85. The van der Waals surface area contributed by atoms with Gasteiger partial charge in [-0.2, -0.15) is 5.10 Å². The Labute approximate surface area is 118 Å². The quantitative estimate of drug-likeness (QED) is 0.898. The third kappa shape index (κ3) is 1.82. The second-order valence-electron chi connectivity index (χ2n) is 5.92. The lowest BCUT2D eigenvalue weighted by molar-refractivity contribution is 0.530. The molecule has 2 aromatic heterocycles. The topological polar surface area (TPSA) is 62.6 Å². The van der Waals surface area contributed by atoms with Gasteiger partial charge in [0.25, 0.3) is 0 Å². The molecule has 0 amide bonds. The smallest absolute Gasteiger partial charge is 0.226 e. The lowest BCUT2D eigenvalue weighted by Gasteiger charge is -2.22. The molecular formula is C14H20N6. The van der Waals surface area contributed by atoms with Crippen LogP contribution in [0.15, 0.2) is 6.20 Å². The molecule has 6 nitrogen and oxygen atoms in total. The number of nitrogens with zero attached hydrogens (tertiary/aromatic N) is 5. The second-order valence-corrected chi connectivity index (χ2v) is 5.92. The van der Waals surface area contributed by atoms with Crippen LogP contribution in [-0.2, 0) is 19.9 Å². The summed E-state index contributed by atoms with van der Waals surface area (Å²) in [5, 5.41) is 16.2. The summed E-state index contributed by atoms with van der Waals surface area (Å²) in [6, 6.07) is 0. The van der Waals surface area contributed by atoms with Gasteiger partial charge in [-0.1, -0.05) is 0 Å². The van der Waals surface area contributed by atoms with Crippen molar-refractivity contribution in [1.82, 2.24) is 25.0 Å². The first-order valence-corrected chi connectivity index (χ1v) is 7.48. The van der Waals surface area contributed by atoms with Crippen molar-refractivity contribution in [2.24, 2.45) is 7.05 Å². The molecule has 0 bridgehead atoms. The van der Waals surface area contributed by atoms with Crippen molar-refractivity contribution in [3.8, 4) is 0 Å². The fraction of sp³-hybridized carbons (Fsp3) is 0.643. The Kier molecular flexibility index (Phi) is 2.75. The van der Waals surface area contributed by atoms with Gasteiger partial charge < -0.3 is 9.47 Å². The van der Waals surface area contributed by atoms with Crippen LogP contribution in [0, 0.1) is 0 Å². The molecule has 6 heteroatoms. The highest BCUT2D eigenvalue weighted by Crippen LogP contribution is 2.32. The Bertz CT molecular complexity index is 607. The number of anilines is 1. The van der Waals surface area contributed by atoms with Crippen molar-refractivity contribution in [3.63, 3.8) is 0 Å². The van der Waals surface area contributed by atoms with Crippen LogP contribution in [0.25, 0.3) is 0 Å². The Morgan fingerprint density at radius 3 is 2.95 bits per heavy atom. The molecule has 0 spiro atoms. The number of aryl methyl sites for hydroxylation is 1. The summed E-state index contributed by atoms with van der Waals surface area (Å²) in [5.74, 6) is 2.61. The number of hydrogen-bond acceptors (Lipinski definition) is 4. The van der Waals surface area contributed by atoms with Gasteiger partial charge >= 0.3 is 0 Å². The molecule has 0 aromatic carbocycles. The van der Waals surface area contributed by atoms with E-state index in [0.717, 1.165) is 44.1 Å². The van der Waals surface area contributed by atoms with Gasteiger partial charge in [0.05, 0.1) is 6.20 Å². The van der Waals surface area contributed by atoms with Crippen LogP contribution < -0.4 is 4.90 Å². The van der Waals surface area contributed by atoms with Gasteiger partial charge in [0.2, 0.25) is 5.95 Å². The predicted octanol–water partition coefficient (Wildman–Crippen LogP) is 1.41. The summed E-state index contributed by atoms with van der Waals surface area (Å²) in [5.41, 5.74) is 2.63. The number of aromatic nitrogens is 5. The molecule has 2 aliphatic rings. The molecule has 1 fully saturated rings. The van der Waals surface area contributed by atoms with Crippen LogP contribution in [0.2, 0.25) is 0 Å². The van der Waals surface area contributed by atoms with E-state index < -0.39 is 0 Å². The maximum atomic E-state index is 4.48. The van der Waals surface area contributed by atoms with Crippen molar-refractivity contribution in [2.45, 2.75) is 38.0 Å². The normalized spacial score (nSPS) is 22.2. The zero-order chi connectivity index (χ0) is 13.5. The largest absolute Gasteiger partial charge is 0.341 e. The first kappa shape index (κ1) is 11.9. The van der Waals surface area contributed by atoms with Crippen LogP contribution >= 0.6 is 0 Å². The number of hydrogen-bond donors (Lipinski definition) is 1. The molecule has 1 unspecified atom stereocenters. The fourth-order valence-electron chi connectivity index (χ4n) is 3.51. The highest BCUT2D eigenvalue weighted by molar-refractivity contribution is 5.33. The zero-order valence-corrected chi connectivity index (χ0v) is 11.8. The number of H-pyrrole nitrogens is 1. The molecule has 20 heavy (non-hydrogen) atoms. The maximum Gasteiger partial charge on any atom is 0.226 e. The molecule has 0 saturated carbocycles. The minimum atomic E-state index is 0.455. The van der Waals surface area contributed by atoms with E-state index in [1.54, 1.807) is 0 Å². The highest BCUT2D eigenvalue weighted by atomic mass is 15.4. The van der Waals surface area contributed by atoms with E-state index in [9.17, 15) is 0 Å². The molecule has 106 valence electrons. The highest BCUT2D eigenvalue weighted by Gasteiger charge is 2.27. The van der Waals surface area contributed by atoms with Crippen molar-refractivity contribution < 1.29 is 0 Å². The van der Waals surface area contributed by atoms with Crippen LogP contribution in [0.4, 0.5) is 5.95 Å². The summed E-state index contributed by atoms with van der Waals surface area (Å²) in [6.07, 6.45) is 7.71.